The topological polar surface area (TPSA) is 52.6 Å². The van der Waals surface area contributed by atoms with E-state index < -0.39 is 0 Å². The van der Waals surface area contributed by atoms with Gasteiger partial charge >= 0.3 is 0 Å². The van der Waals surface area contributed by atoms with E-state index in [0.717, 1.165) is 31.7 Å². The highest BCUT2D eigenvalue weighted by Crippen LogP contribution is 2.23. The van der Waals surface area contributed by atoms with Crippen LogP contribution in [0.5, 0.6) is 5.88 Å². The summed E-state index contributed by atoms with van der Waals surface area (Å²) in [6.07, 6.45) is 3.77. The number of hydrogen-bond acceptors (Lipinski definition) is 5. The van der Waals surface area contributed by atoms with Crippen molar-refractivity contribution in [3.63, 3.8) is 0 Å². The van der Waals surface area contributed by atoms with Crippen LogP contribution in [0.15, 0.2) is 18.3 Å². The van der Waals surface area contributed by atoms with Gasteiger partial charge in [-0.2, -0.15) is 0 Å². The Hall–Kier alpha value is -1.33. The van der Waals surface area contributed by atoms with Crippen LogP contribution in [0.3, 0.4) is 0 Å². The van der Waals surface area contributed by atoms with Crippen LogP contribution in [0.25, 0.3) is 0 Å². The molecule has 2 rings (SSSR count). The summed E-state index contributed by atoms with van der Waals surface area (Å²) < 4.78 is 15.9. The van der Waals surface area contributed by atoms with Crippen LogP contribution in [0, 0.1) is 0 Å². The predicted molar refractivity (Wildman–Crippen MR) is 69.1 cm³/mol. The van der Waals surface area contributed by atoms with Crippen LogP contribution in [0.4, 0.5) is 5.69 Å². The Bertz CT molecular complexity index is 354. The molecule has 5 nitrogen and oxygen atoms in total. The number of ether oxygens (including phenoxy) is 3. The minimum atomic E-state index is 0.438. The van der Waals surface area contributed by atoms with E-state index in [2.05, 4.69) is 10.3 Å². The maximum atomic E-state index is 5.59. The van der Waals surface area contributed by atoms with E-state index in [4.69, 9.17) is 14.2 Å². The summed E-state index contributed by atoms with van der Waals surface area (Å²) in [6.45, 7) is 2.71. The minimum absolute atomic E-state index is 0.438. The Morgan fingerprint density at radius 3 is 3.00 bits per heavy atom. The van der Waals surface area contributed by atoms with E-state index in [1.807, 2.05) is 12.1 Å². The zero-order chi connectivity index (χ0) is 12.6. The molecule has 0 spiro atoms. The second-order valence-corrected chi connectivity index (χ2v) is 4.23. The normalized spacial score (nSPS) is 16.5. The summed E-state index contributed by atoms with van der Waals surface area (Å²) in [5.74, 6) is 0.640. The van der Waals surface area contributed by atoms with Gasteiger partial charge in [0.25, 0.3) is 0 Å². The van der Waals surface area contributed by atoms with Crippen LogP contribution in [-0.4, -0.2) is 44.6 Å². The van der Waals surface area contributed by atoms with Gasteiger partial charge in [0.1, 0.15) is 6.61 Å². The summed E-state index contributed by atoms with van der Waals surface area (Å²) in [7, 11) is 1.66. The molecule has 1 aromatic heterocycles. The average molecular weight is 252 g/mol. The largest absolute Gasteiger partial charge is 0.474 e. The molecule has 1 N–H and O–H groups in total. The number of rotatable bonds is 6. The van der Waals surface area contributed by atoms with Gasteiger partial charge in [-0.15, -0.1) is 0 Å². The van der Waals surface area contributed by atoms with Crippen LogP contribution in [0.1, 0.15) is 12.8 Å². The fraction of sp³-hybridized carbons (Fsp3) is 0.615. The number of nitrogens with one attached hydrogen (secondary N) is 1. The van der Waals surface area contributed by atoms with Crippen molar-refractivity contribution in [2.75, 3.05) is 38.9 Å². The van der Waals surface area contributed by atoms with Crippen LogP contribution in [0.2, 0.25) is 0 Å². The standard InChI is InChI=1S/C13H20N2O3/c1-16-9-10-18-13-12(3-2-6-14-13)15-11-4-7-17-8-5-11/h2-3,6,11,15H,4-5,7-10H2,1H3. The van der Waals surface area contributed by atoms with Gasteiger partial charge in [0, 0.05) is 32.6 Å². The van der Waals surface area contributed by atoms with Crippen molar-refractivity contribution in [3.8, 4) is 5.88 Å². The SMILES string of the molecule is COCCOc1ncccc1NC1CCOCC1. The molecule has 1 saturated heterocycles. The molecule has 0 unspecified atom stereocenters. The molecule has 0 amide bonds. The molecule has 1 aliphatic rings. The fourth-order valence-corrected chi connectivity index (χ4v) is 1.90. The lowest BCUT2D eigenvalue weighted by molar-refractivity contribution is 0.0903. The lowest BCUT2D eigenvalue weighted by atomic mass is 10.1. The van der Waals surface area contributed by atoms with Crippen molar-refractivity contribution in [1.29, 1.82) is 0 Å². The molecule has 1 aromatic rings. The summed E-state index contributed by atoms with van der Waals surface area (Å²) in [4.78, 5) is 4.24. The summed E-state index contributed by atoms with van der Waals surface area (Å²) in [5.41, 5.74) is 0.945. The number of pyridine rings is 1. The highest BCUT2D eigenvalue weighted by atomic mass is 16.5. The Balaban J connectivity index is 1.93. The molecule has 0 saturated carbocycles. The van der Waals surface area contributed by atoms with Gasteiger partial charge in [0.2, 0.25) is 5.88 Å². The highest BCUT2D eigenvalue weighted by molar-refractivity contribution is 5.52. The number of methoxy groups -OCH3 is 1. The second kappa shape index (κ2) is 7.18. The number of anilines is 1. The maximum Gasteiger partial charge on any atom is 0.237 e. The molecule has 0 aliphatic carbocycles. The lowest BCUT2D eigenvalue weighted by Crippen LogP contribution is -2.28. The second-order valence-electron chi connectivity index (χ2n) is 4.23. The van der Waals surface area contributed by atoms with E-state index in [-0.39, 0.29) is 0 Å². The van der Waals surface area contributed by atoms with Crippen LogP contribution < -0.4 is 10.1 Å². The third-order valence-corrected chi connectivity index (χ3v) is 2.88. The monoisotopic (exact) mass is 252 g/mol. The molecular formula is C13H20N2O3. The van der Waals surface area contributed by atoms with Crippen molar-refractivity contribution in [2.45, 2.75) is 18.9 Å². The van der Waals surface area contributed by atoms with Gasteiger partial charge in [-0.05, 0) is 25.0 Å². The summed E-state index contributed by atoms with van der Waals surface area (Å²) >= 11 is 0. The lowest BCUT2D eigenvalue weighted by Gasteiger charge is -2.24. The average Bonchev–Trinajstić information content (AvgIpc) is 2.42. The highest BCUT2D eigenvalue weighted by Gasteiger charge is 2.15. The van der Waals surface area contributed by atoms with Gasteiger partial charge in [-0.25, -0.2) is 4.98 Å². The molecule has 1 fully saturated rings. The Kier molecular flexibility index (Phi) is 5.23. The van der Waals surface area contributed by atoms with Gasteiger partial charge in [-0.1, -0.05) is 0 Å². The third-order valence-electron chi connectivity index (χ3n) is 2.88. The van der Waals surface area contributed by atoms with Gasteiger partial charge in [0.15, 0.2) is 0 Å². The zero-order valence-corrected chi connectivity index (χ0v) is 10.7. The molecule has 1 aliphatic heterocycles. The first-order valence-electron chi connectivity index (χ1n) is 6.31. The summed E-state index contributed by atoms with van der Waals surface area (Å²) in [5, 5.41) is 3.47. The summed E-state index contributed by atoms with van der Waals surface area (Å²) in [6, 6.07) is 4.34. The molecule has 0 radical (unpaired) electrons. The Morgan fingerprint density at radius 1 is 1.39 bits per heavy atom. The van der Waals surface area contributed by atoms with Crippen molar-refractivity contribution in [1.82, 2.24) is 4.98 Å². The molecule has 100 valence electrons. The number of aromatic nitrogens is 1. The van der Waals surface area contributed by atoms with Crippen LogP contribution in [-0.2, 0) is 9.47 Å². The van der Waals surface area contributed by atoms with Crippen LogP contribution >= 0.6 is 0 Å². The molecule has 18 heavy (non-hydrogen) atoms. The molecular weight excluding hydrogens is 232 g/mol. The minimum Gasteiger partial charge on any atom is -0.474 e. The number of nitrogens with zero attached hydrogens (tertiary/aromatic N) is 1. The quantitative estimate of drug-likeness (QED) is 0.781. The third kappa shape index (κ3) is 3.85. The number of hydrogen-bond donors (Lipinski definition) is 1. The molecule has 0 bridgehead atoms. The van der Waals surface area contributed by atoms with E-state index in [0.29, 0.717) is 25.1 Å². The van der Waals surface area contributed by atoms with Crippen molar-refractivity contribution in [2.24, 2.45) is 0 Å². The molecule has 5 heteroatoms. The van der Waals surface area contributed by atoms with Gasteiger partial charge < -0.3 is 19.5 Å². The van der Waals surface area contributed by atoms with Gasteiger partial charge in [-0.3, -0.25) is 0 Å². The Labute approximate surface area is 107 Å². The zero-order valence-electron chi connectivity index (χ0n) is 10.7. The van der Waals surface area contributed by atoms with Crippen molar-refractivity contribution in [3.05, 3.63) is 18.3 Å². The smallest absolute Gasteiger partial charge is 0.237 e. The molecule has 0 aromatic carbocycles. The fourth-order valence-electron chi connectivity index (χ4n) is 1.90. The first kappa shape index (κ1) is 13.1. The molecule has 2 heterocycles. The maximum absolute atomic E-state index is 5.59. The van der Waals surface area contributed by atoms with E-state index in [1.165, 1.54) is 0 Å². The Morgan fingerprint density at radius 2 is 2.22 bits per heavy atom. The predicted octanol–water partition coefficient (Wildman–Crippen LogP) is 1.70. The van der Waals surface area contributed by atoms with E-state index in [9.17, 15) is 0 Å². The first-order chi connectivity index (χ1) is 8.90. The first-order valence-corrected chi connectivity index (χ1v) is 6.31. The van der Waals surface area contributed by atoms with E-state index in [1.54, 1.807) is 13.3 Å². The van der Waals surface area contributed by atoms with Crippen molar-refractivity contribution >= 4 is 5.69 Å². The van der Waals surface area contributed by atoms with E-state index >= 15 is 0 Å². The van der Waals surface area contributed by atoms with Gasteiger partial charge in [0.05, 0.1) is 12.3 Å². The van der Waals surface area contributed by atoms with Crippen molar-refractivity contribution < 1.29 is 14.2 Å². The molecule has 0 atom stereocenters.